The fourth-order valence-corrected chi connectivity index (χ4v) is 2.06. The van der Waals surface area contributed by atoms with Gasteiger partial charge in [0.15, 0.2) is 0 Å². The molecule has 0 radical (unpaired) electrons. The Kier molecular flexibility index (Phi) is 5.41. The summed E-state index contributed by atoms with van der Waals surface area (Å²) < 4.78 is 4.69. The Balaban J connectivity index is 2.35. The maximum atomic E-state index is 11.6. The Morgan fingerprint density at radius 1 is 1.35 bits per heavy atom. The average molecular weight is 242 g/mol. The third-order valence-corrected chi connectivity index (χ3v) is 3.17. The van der Waals surface area contributed by atoms with Crippen LogP contribution < -0.4 is 0 Å². The molecule has 1 fully saturated rings. The van der Waals surface area contributed by atoms with Gasteiger partial charge in [0, 0.05) is 13.6 Å². The first-order valence-electron chi connectivity index (χ1n) is 6.15. The minimum Gasteiger partial charge on any atom is -0.459 e. The van der Waals surface area contributed by atoms with E-state index in [-0.39, 0.29) is 6.61 Å². The summed E-state index contributed by atoms with van der Waals surface area (Å²) in [6.45, 7) is 4.71. The molecule has 5 heteroatoms. The number of carbonyl (C=O) groups is 2. The van der Waals surface area contributed by atoms with E-state index in [1.165, 1.54) is 4.90 Å². The number of carbonyl (C=O) groups excluding carboxylic acids is 2. The lowest BCUT2D eigenvalue weighted by Crippen LogP contribution is -2.41. The highest BCUT2D eigenvalue weighted by Crippen LogP contribution is 2.16. The van der Waals surface area contributed by atoms with Gasteiger partial charge in [0.05, 0.1) is 6.61 Å². The van der Waals surface area contributed by atoms with Crippen LogP contribution in [0, 0.1) is 5.92 Å². The van der Waals surface area contributed by atoms with Crippen LogP contribution in [0.3, 0.4) is 0 Å². The molecule has 0 atom stereocenters. The van der Waals surface area contributed by atoms with Gasteiger partial charge in [-0.15, -0.1) is 0 Å². The number of hydrogen-bond acceptors (Lipinski definition) is 4. The molecule has 0 aromatic rings. The summed E-state index contributed by atoms with van der Waals surface area (Å²) in [5, 5.41) is 0. The van der Waals surface area contributed by atoms with Crippen molar-refractivity contribution in [1.82, 2.24) is 9.80 Å². The van der Waals surface area contributed by atoms with E-state index in [4.69, 9.17) is 4.74 Å². The zero-order valence-corrected chi connectivity index (χ0v) is 10.9. The van der Waals surface area contributed by atoms with Gasteiger partial charge in [0.25, 0.3) is 0 Å². The van der Waals surface area contributed by atoms with Crippen LogP contribution in [0.4, 0.5) is 0 Å². The zero-order valence-electron chi connectivity index (χ0n) is 10.9. The maximum absolute atomic E-state index is 11.6. The van der Waals surface area contributed by atoms with Crippen molar-refractivity contribution in [3.63, 3.8) is 0 Å². The smallest absolute Gasteiger partial charge is 0.396 e. The molecule has 1 aliphatic heterocycles. The Hall–Kier alpha value is -1.10. The molecule has 0 aliphatic carbocycles. The van der Waals surface area contributed by atoms with Crippen molar-refractivity contribution >= 4 is 11.9 Å². The Morgan fingerprint density at radius 3 is 2.47 bits per heavy atom. The summed E-state index contributed by atoms with van der Waals surface area (Å²) in [4.78, 5) is 26.6. The van der Waals surface area contributed by atoms with Crippen LogP contribution in [-0.4, -0.2) is 62.0 Å². The molecule has 1 aliphatic rings. The van der Waals surface area contributed by atoms with E-state index in [0.717, 1.165) is 25.9 Å². The second-order valence-corrected chi connectivity index (χ2v) is 4.65. The first-order chi connectivity index (χ1) is 8.04. The van der Waals surface area contributed by atoms with E-state index in [1.54, 1.807) is 14.0 Å². The molecule has 0 bridgehead atoms. The van der Waals surface area contributed by atoms with Crippen LogP contribution in [-0.2, 0) is 14.3 Å². The van der Waals surface area contributed by atoms with Crippen molar-refractivity contribution in [2.45, 2.75) is 19.8 Å². The average Bonchev–Trinajstić information content (AvgIpc) is 2.31. The number of piperidine rings is 1. The third-order valence-electron chi connectivity index (χ3n) is 3.17. The molecule has 0 N–H and O–H groups in total. The fourth-order valence-electron chi connectivity index (χ4n) is 2.06. The Bertz CT molecular complexity index is 273. The number of amides is 1. The minimum atomic E-state index is -0.747. The molecule has 1 heterocycles. The van der Waals surface area contributed by atoms with Gasteiger partial charge in [-0.25, -0.2) is 4.79 Å². The second kappa shape index (κ2) is 6.59. The van der Waals surface area contributed by atoms with Gasteiger partial charge in [-0.2, -0.15) is 0 Å². The predicted octanol–water partition coefficient (Wildman–Crippen LogP) is 0.350. The van der Waals surface area contributed by atoms with Gasteiger partial charge in [0.2, 0.25) is 0 Å². The summed E-state index contributed by atoms with van der Waals surface area (Å²) in [5.74, 6) is -0.789. The lowest BCUT2D eigenvalue weighted by Gasteiger charge is -2.31. The quantitative estimate of drug-likeness (QED) is 0.529. The zero-order chi connectivity index (χ0) is 12.8. The van der Waals surface area contributed by atoms with Crippen LogP contribution in [0.15, 0.2) is 0 Å². The van der Waals surface area contributed by atoms with Crippen LogP contribution in [0.25, 0.3) is 0 Å². The highest BCUT2D eigenvalue weighted by atomic mass is 16.5. The number of likely N-dealkylation sites (N-methyl/N-ethyl adjacent to an activating group) is 1. The van der Waals surface area contributed by atoms with Gasteiger partial charge in [-0.3, -0.25) is 4.79 Å². The highest BCUT2D eigenvalue weighted by molar-refractivity contribution is 6.32. The molecule has 0 unspecified atom stereocenters. The summed E-state index contributed by atoms with van der Waals surface area (Å²) >= 11 is 0. The molecule has 5 nitrogen and oxygen atoms in total. The molecule has 17 heavy (non-hydrogen) atoms. The minimum absolute atomic E-state index is 0.243. The summed E-state index contributed by atoms with van der Waals surface area (Å²) in [5.41, 5.74) is 0. The van der Waals surface area contributed by atoms with E-state index in [9.17, 15) is 9.59 Å². The van der Waals surface area contributed by atoms with E-state index in [1.807, 2.05) is 0 Å². The summed E-state index contributed by atoms with van der Waals surface area (Å²) in [6, 6.07) is 0. The van der Waals surface area contributed by atoms with Crippen LogP contribution in [0.1, 0.15) is 19.8 Å². The molecule has 0 spiro atoms. The molecular weight excluding hydrogens is 220 g/mol. The highest BCUT2D eigenvalue weighted by Gasteiger charge is 2.24. The van der Waals surface area contributed by atoms with Crippen molar-refractivity contribution in [2.75, 3.05) is 40.3 Å². The van der Waals surface area contributed by atoms with Gasteiger partial charge < -0.3 is 14.5 Å². The van der Waals surface area contributed by atoms with E-state index >= 15 is 0 Å². The first-order valence-corrected chi connectivity index (χ1v) is 6.15. The summed E-state index contributed by atoms with van der Waals surface area (Å²) in [7, 11) is 3.77. The van der Waals surface area contributed by atoms with Crippen molar-refractivity contribution in [1.29, 1.82) is 0 Å². The molecule has 0 saturated carbocycles. The van der Waals surface area contributed by atoms with Gasteiger partial charge in [-0.05, 0) is 45.8 Å². The van der Waals surface area contributed by atoms with Crippen molar-refractivity contribution < 1.29 is 14.3 Å². The SMILES string of the molecule is CCOC(=O)C(=O)N(C)CC1CCN(C)CC1. The predicted molar refractivity (Wildman–Crippen MR) is 64.5 cm³/mol. The number of hydrogen-bond donors (Lipinski definition) is 0. The maximum Gasteiger partial charge on any atom is 0.396 e. The fraction of sp³-hybridized carbons (Fsp3) is 0.833. The summed E-state index contributed by atoms with van der Waals surface area (Å²) in [6.07, 6.45) is 2.16. The number of esters is 1. The van der Waals surface area contributed by atoms with Crippen molar-refractivity contribution in [2.24, 2.45) is 5.92 Å². The van der Waals surface area contributed by atoms with Gasteiger partial charge in [-0.1, -0.05) is 0 Å². The molecule has 0 aromatic heterocycles. The Labute approximate surface area is 103 Å². The number of likely N-dealkylation sites (tertiary alicyclic amines) is 1. The number of nitrogens with zero attached hydrogens (tertiary/aromatic N) is 2. The topological polar surface area (TPSA) is 49.9 Å². The van der Waals surface area contributed by atoms with Crippen molar-refractivity contribution in [3.8, 4) is 0 Å². The normalized spacial score (nSPS) is 17.8. The molecule has 1 saturated heterocycles. The molecule has 98 valence electrons. The molecule has 1 amide bonds. The van der Waals surface area contributed by atoms with Gasteiger partial charge >= 0.3 is 11.9 Å². The monoisotopic (exact) mass is 242 g/mol. The second-order valence-electron chi connectivity index (χ2n) is 4.65. The van der Waals surface area contributed by atoms with E-state index in [2.05, 4.69) is 11.9 Å². The molecule has 1 rings (SSSR count). The standard InChI is InChI=1S/C12H22N2O3/c1-4-17-12(16)11(15)14(3)9-10-5-7-13(2)8-6-10/h10H,4-9H2,1-3H3. The van der Waals surface area contributed by atoms with E-state index < -0.39 is 11.9 Å². The lowest BCUT2D eigenvalue weighted by molar-refractivity contribution is -0.159. The van der Waals surface area contributed by atoms with Crippen LogP contribution in [0.5, 0.6) is 0 Å². The third kappa shape index (κ3) is 4.34. The molecular formula is C12H22N2O3. The lowest BCUT2D eigenvalue weighted by atomic mass is 9.97. The first kappa shape index (κ1) is 14.0. The van der Waals surface area contributed by atoms with Crippen molar-refractivity contribution in [3.05, 3.63) is 0 Å². The van der Waals surface area contributed by atoms with Crippen LogP contribution in [0.2, 0.25) is 0 Å². The largest absolute Gasteiger partial charge is 0.459 e. The van der Waals surface area contributed by atoms with Gasteiger partial charge in [0.1, 0.15) is 0 Å². The Morgan fingerprint density at radius 2 is 1.94 bits per heavy atom. The number of ether oxygens (including phenoxy) is 1. The van der Waals surface area contributed by atoms with Crippen LogP contribution >= 0.6 is 0 Å². The van der Waals surface area contributed by atoms with E-state index in [0.29, 0.717) is 12.5 Å². The number of rotatable bonds is 3. The molecule has 0 aromatic carbocycles.